The summed E-state index contributed by atoms with van der Waals surface area (Å²) in [7, 11) is 0. The predicted octanol–water partition coefficient (Wildman–Crippen LogP) is 3.09. The van der Waals surface area contributed by atoms with Crippen molar-refractivity contribution < 1.29 is 27.8 Å². The summed E-state index contributed by atoms with van der Waals surface area (Å²) in [6.07, 6.45) is -4.43. The molecule has 0 fully saturated rings. The number of hydrogen-bond donors (Lipinski definition) is 1. The highest BCUT2D eigenvalue weighted by Gasteiger charge is 2.27. The molecule has 0 aromatic heterocycles. The fraction of sp³-hybridized carbons (Fsp3) is 0.538. The van der Waals surface area contributed by atoms with Crippen LogP contribution in [-0.4, -0.2) is 31.1 Å². The molecular formula is C13H17F3O3. The summed E-state index contributed by atoms with van der Waals surface area (Å²) in [5.74, 6) is 0.611. The molecule has 0 aliphatic rings. The van der Waals surface area contributed by atoms with Gasteiger partial charge in [-0.25, -0.2) is 0 Å². The molecule has 1 rings (SSSR count). The van der Waals surface area contributed by atoms with Crippen LogP contribution in [0.5, 0.6) is 5.75 Å². The van der Waals surface area contributed by atoms with Gasteiger partial charge in [0.1, 0.15) is 12.4 Å². The van der Waals surface area contributed by atoms with E-state index >= 15 is 0 Å². The van der Waals surface area contributed by atoms with Gasteiger partial charge in [0, 0.05) is 6.42 Å². The first kappa shape index (κ1) is 15.8. The van der Waals surface area contributed by atoms with Crippen molar-refractivity contribution in [2.24, 2.45) is 0 Å². The molecule has 1 aromatic carbocycles. The Kier molecular flexibility index (Phi) is 6.11. The molecule has 1 N–H and O–H groups in total. The number of aliphatic hydroxyl groups excluding tert-OH is 1. The van der Waals surface area contributed by atoms with Crippen LogP contribution in [0.3, 0.4) is 0 Å². The fourth-order valence-corrected chi connectivity index (χ4v) is 1.38. The third-order valence-electron chi connectivity index (χ3n) is 2.33. The van der Waals surface area contributed by atoms with Crippen molar-refractivity contribution in [1.29, 1.82) is 0 Å². The molecular weight excluding hydrogens is 261 g/mol. The van der Waals surface area contributed by atoms with E-state index in [0.717, 1.165) is 5.56 Å². The molecule has 3 nitrogen and oxygen atoms in total. The van der Waals surface area contributed by atoms with Crippen molar-refractivity contribution in [1.82, 2.24) is 0 Å². The van der Waals surface area contributed by atoms with Gasteiger partial charge in [0.05, 0.1) is 19.3 Å². The first-order valence-electron chi connectivity index (χ1n) is 5.94. The van der Waals surface area contributed by atoms with Gasteiger partial charge in [-0.3, -0.25) is 0 Å². The molecule has 0 radical (unpaired) electrons. The van der Waals surface area contributed by atoms with Crippen LogP contribution in [0.25, 0.3) is 0 Å². The minimum absolute atomic E-state index is 0.00523. The quantitative estimate of drug-likeness (QED) is 0.779. The third kappa shape index (κ3) is 7.03. The second-order valence-electron chi connectivity index (χ2n) is 4.11. The number of hydrogen-bond acceptors (Lipinski definition) is 3. The van der Waals surface area contributed by atoms with Crippen LogP contribution in [0.2, 0.25) is 0 Å². The summed E-state index contributed by atoms with van der Waals surface area (Å²) in [5, 5.41) is 9.30. The van der Waals surface area contributed by atoms with E-state index in [-0.39, 0.29) is 13.2 Å². The molecule has 0 amide bonds. The average Bonchev–Trinajstić information content (AvgIpc) is 2.33. The van der Waals surface area contributed by atoms with Gasteiger partial charge in [-0.2, -0.15) is 13.2 Å². The zero-order chi connectivity index (χ0) is 14.3. The van der Waals surface area contributed by atoms with Gasteiger partial charge in [0.2, 0.25) is 0 Å². The smallest absolute Gasteiger partial charge is 0.411 e. The van der Waals surface area contributed by atoms with Gasteiger partial charge >= 0.3 is 6.18 Å². The van der Waals surface area contributed by atoms with E-state index in [4.69, 9.17) is 4.74 Å². The second kappa shape index (κ2) is 7.35. The van der Waals surface area contributed by atoms with E-state index in [1.165, 1.54) is 0 Å². The van der Waals surface area contributed by atoms with E-state index in [1.807, 2.05) is 0 Å². The van der Waals surface area contributed by atoms with Crippen LogP contribution >= 0.6 is 0 Å². The van der Waals surface area contributed by atoms with Crippen LogP contribution in [0.1, 0.15) is 25.0 Å². The highest BCUT2D eigenvalue weighted by Crippen LogP contribution is 2.17. The van der Waals surface area contributed by atoms with Gasteiger partial charge < -0.3 is 14.6 Å². The Hall–Kier alpha value is -1.27. The minimum atomic E-state index is -4.28. The zero-order valence-electron chi connectivity index (χ0n) is 10.6. The number of aliphatic hydroxyl groups is 1. The molecule has 108 valence electrons. The number of rotatable bonds is 7. The largest absolute Gasteiger partial charge is 0.494 e. The molecule has 0 unspecified atom stereocenters. The summed E-state index contributed by atoms with van der Waals surface area (Å²) in [5.41, 5.74) is 0.779. The first-order chi connectivity index (χ1) is 8.88. The Morgan fingerprint density at radius 2 is 1.79 bits per heavy atom. The van der Waals surface area contributed by atoms with Crippen molar-refractivity contribution in [3.63, 3.8) is 0 Å². The molecule has 0 saturated heterocycles. The number of ether oxygens (including phenoxy) is 2. The molecule has 0 aliphatic heterocycles. The van der Waals surface area contributed by atoms with Crippen LogP contribution in [0.4, 0.5) is 13.2 Å². The molecule has 1 aromatic rings. The SMILES string of the molecule is C[C@@H](O)c1ccc(OCCCOCC(F)(F)F)cc1. The van der Waals surface area contributed by atoms with E-state index in [2.05, 4.69) is 4.74 Å². The van der Waals surface area contributed by atoms with Gasteiger partial charge in [-0.15, -0.1) is 0 Å². The molecule has 6 heteroatoms. The molecule has 19 heavy (non-hydrogen) atoms. The molecule has 1 atom stereocenters. The third-order valence-corrected chi connectivity index (χ3v) is 2.33. The fourth-order valence-electron chi connectivity index (χ4n) is 1.38. The topological polar surface area (TPSA) is 38.7 Å². The molecule has 0 heterocycles. The Labute approximate surface area is 110 Å². The number of alkyl halides is 3. The molecule has 0 aliphatic carbocycles. The van der Waals surface area contributed by atoms with Crippen molar-refractivity contribution in [2.45, 2.75) is 25.6 Å². The summed E-state index contributed by atoms with van der Waals surface area (Å²) < 4.78 is 45.0. The average molecular weight is 278 g/mol. The number of benzene rings is 1. The van der Waals surface area contributed by atoms with Crippen molar-refractivity contribution >= 4 is 0 Å². The van der Waals surface area contributed by atoms with Gasteiger partial charge in [-0.1, -0.05) is 12.1 Å². The predicted molar refractivity (Wildman–Crippen MR) is 64.1 cm³/mol. The first-order valence-corrected chi connectivity index (χ1v) is 5.94. The highest BCUT2D eigenvalue weighted by molar-refractivity contribution is 5.28. The Morgan fingerprint density at radius 1 is 1.16 bits per heavy atom. The van der Waals surface area contributed by atoms with Crippen LogP contribution < -0.4 is 4.74 Å². The Morgan fingerprint density at radius 3 is 2.32 bits per heavy atom. The van der Waals surface area contributed by atoms with Crippen molar-refractivity contribution in [3.8, 4) is 5.75 Å². The maximum atomic E-state index is 11.8. The lowest BCUT2D eigenvalue weighted by Gasteiger charge is -2.09. The van der Waals surface area contributed by atoms with E-state index in [9.17, 15) is 18.3 Å². The lowest BCUT2D eigenvalue weighted by atomic mass is 10.1. The maximum Gasteiger partial charge on any atom is 0.411 e. The second-order valence-corrected chi connectivity index (χ2v) is 4.11. The van der Waals surface area contributed by atoms with E-state index in [1.54, 1.807) is 31.2 Å². The van der Waals surface area contributed by atoms with Crippen molar-refractivity contribution in [2.75, 3.05) is 19.8 Å². The zero-order valence-corrected chi connectivity index (χ0v) is 10.6. The maximum absolute atomic E-state index is 11.8. The summed E-state index contributed by atoms with van der Waals surface area (Å²) >= 11 is 0. The highest BCUT2D eigenvalue weighted by atomic mass is 19.4. The lowest BCUT2D eigenvalue weighted by molar-refractivity contribution is -0.174. The minimum Gasteiger partial charge on any atom is -0.494 e. The van der Waals surface area contributed by atoms with E-state index < -0.39 is 18.9 Å². The molecule has 0 saturated carbocycles. The molecule has 0 bridgehead atoms. The summed E-state index contributed by atoms with van der Waals surface area (Å²) in [4.78, 5) is 0. The normalized spacial score (nSPS) is 13.3. The van der Waals surface area contributed by atoms with Crippen LogP contribution in [0.15, 0.2) is 24.3 Å². The Balaban J connectivity index is 2.16. The van der Waals surface area contributed by atoms with Crippen LogP contribution in [-0.2, 0) is 4.74 Å². The van der Waals surface area contributed by atoms with E-state index in [0.29, 0.717) is 12.2 Å². The monoisotopic (exact) mass is 278 g/mol. The van der Waals surface area contributed by atoms with Gasteiger partial charge in [-0.05, 0) is 24.6 Å². The molecule has 0 spiro atoms. The number of halogens is 3. The summed E-state index contributed by atoms with van der Waals surface area (Å²) in [6.45, 7) is 0.723. The van der Waals surface area contributed by atoms with Gasteiger partial charge in [0.25, 0.3) is 0 Å². The summed E-state index contributed by atoms with van der Waals surface area (Å²) in [6, 6.07) is 6.89. The van der Waals surface area contributed by atoms with Crippen molar-refractivity contribution in [3.05, 3.63) is 29.8 Å². The van der Waals surface area contributed by atoms with Gasteiger partial charge in [0.15, 0.2) is 0 Å². The van der Waals surface area contributed by atoms with Crippen LogP contribution in [0, 0.1) is 0 Å². The Bertz CT molecular complexity index is 360. The standard InChI is InChI=1S/C13H17F3O3/c1-10(17)11-3-5-12(6-4-11)19-8-2-7-18-9-13(14,15)16/h3-6,10,17H,2,7-9H2,1H3/t10-/m1/s1. The lowest BCUT2D eigenvalue weighted by Crippen LogP contribution is -2.18.